The highest BCUT2D eigenvalue weighted by molar-refractivity contribution is 5.49. The van der Waals surface area contributed by atoms with Crippen LogP contribution in [0.1, 0.15) is 77.3 Å². The van der Waals surface area contributed by atoms with E-state index in [9.17, 15) is 10.2 Å². The van der Waals surface area contributed by atoms with Crippen LogP contribution in [0.4, 0.5) is 0 Å². The fraction of sp³-hybridized carbons (Fsp3) is 0.700. The molecule has 1 saturated carbocycles. The summed E-state index contributed by atoms with van der Waals surface area (Å²) in [5.74, 6) is 1.92. The fourth-order valence-corrected chi connectivity index (χ4v) is 4.21. The molecule has 2 atom stereocenters. The van der Waals surface area contributed by atoms with E-state index in [-0.39, 0.29) is 22.8 Å². The third-order valence-electron chi connectivity index (χ3n) is 5.41. The zero-order valence-corrected chi connectivity index (χ0v) is 14.8. The van der Waals surface area contributed by atoms with Crippen LogP contribution in [0.25, 0.3) is 0 Å². The number of aromatic hydroxyl groups is 2. The second-order valence-electron chi connectivity index (χ2n) is 8.22. The van der Waals surface area contributed by atoms with Crippen molar-refractivity contribution in [2.75, 3.05) is 0 Å². The molecule has 2 N–H and O–H groups in total. The molecule has 22 heavy (non-hydrogen) atoms. The Morgan fingerprint density at radius 3 is 2.27 bits per heavy atom. The van der Waals surface area contributed by atoms with Crippen LogP contribution >= 0.6 is 0 Å². The number of aryl methyl sites for hydroxylation is 1. The minimum absolute atomic E-state index is 0.249. The fourth-order valence-electron chi connectivity index (χ4n) is 4.21. The summed E-state index contributed by atoms with van der Waals surface area (Å²) >= 11 is 0. The van der Waals surface area contributed by atoms with Crippen LogP contribution in [-0.2, 0) is 6.42 Å². The molecule has 1 aromatic carbocycles. The molecule has 0 radical (unpaired) electrons. The Balaban J connectivity index is 2.42. The molecule has 0 spiro atoms. The van der Waals surface area contributed by atoms with E-state index in [1.807, 2.05) is 12.1 Å². The molecular weight excluding hydrogens is 272 g/mol. The molecule has 1 aliphatic rings. The van der Waals surface area contributed by atoms with Gasteiger partial charge in [0.05, 0.1) is 0 Å². The van der Waals surface area contributed by atoms with Crippen molar-refractivity contribution < 1.29 is 10.2 Å². The van der Waals surface area contributed by atoms with E-state index in [4.69, 9.17) is 0 Å². The van der Waals surface area contributed by atoms with Gasteiger partial charge in [0, 0.05) is 5.56 Å². The first-order valence-electron chi connectivity index (χ1n) is 8.80. The van der Waals surface area contributed by atoms with Crippen LogP contribution in [0.15, 0.2) is 12.1 Å². The molecule has 1 aromatic rings. The number of phenols is 2. The molecule has 1 fully saturated rings. The van der Waals surface area contributed by atoms with E-state index in [0.717, 1.165) is 30.4 Å². The maximum atomic E-state index is 10.6. The Kier molecular flexibility index (Phi) is 5.09. The van der Waals surface area contributed by atoms with E-state index < -0.39 is 0 Å². The lowest BCUT2D eigenvalue weighted by molar-refractivity contribution is 0.128. The summed E-state index contributed by atoms with van der Waals surface area (Å²) in [5.41, 5.74) is 2.08. The Morgan fingerprint density at radius 2 is 1.77 bits per heavy atom. The van der Waals surface area contributed by atoms with E-state index >= 15 is 0 Å². The van der Waals surface area contributed by atoms with Crippen molar-refractivity contribution in [3.8, 4) is 11.5 Å². The average Bonchev–Trinajstić information content (AvgIpc) is 2.36. The predicted octanol–water partition coefficient (Wildman–Crippen LogP) is 5.62. The van der Waals surface area contributed by atoms with E-state index in [2.05, 4.69) is 34.6 Å². The number of hydrogen-bond donors (Lipinski definition) is 2. The molecule has 2 unspecified atom stereocenters. The minimum atomic E-state index is 0.249. The van der Waals surface area contributed by atoms with Crippen molar-refractivity contribution >= 4 is 0 Å². The lowest BCUT2D eigenvalue weighted by Crippen LogP contribution is -2.31. The van der Waals surface area contributed by atoms with E-state index in [0.29, 0.717) is 11.8 Å². The molecule has 0 amide bonds. The average molecular weight is 304 g/mol. The Hall–Kier alpha value is -1.18. The van der Waals surface area contributed by atoms with Crippen LogP contribution in [0.2, 0.25) is 0 Å². The van der Waals surface area contributed by atoms with Crippen LogP contribution in [0.5, 0.6) is 11.5 Å². The molecule has 0 bridgehead atoms. The number of hydrogen-bond acceptors (Lipinski definition) is 2. The molecule has 124 valence electrons. The van der Waals surface area contributed by atoms with Crippen LogP contribution in [0.3, 0.4) is 0 Å². The summed E-state index contributed by atoms with van der Waals surface area (Å²) in [7, 11) is 0. The van der Waals surface area contributed by atoms with Crippen LogP contribution < -0.4 is 0 Å². The van der Waals surface area contributed by atoms with Gasteiger partial charge in [-0.3, -0.25) is 0 Å². The van der Waals surface area contributed by atoms with Crippen LogP contribution in [0, 0.1) is 17.3 Å². The lowest BCUT2D eigenvalue weighted by Gasteiger charge is -2.43. The molecule has 2 nitrogen and oxygen atoms in total. The molecular formula is C20H32O2. The number of rotatable bonds is 4. The van der Waals surface area contributed by atoms with Gasteiger partial charge in [-0.1, -0.05) is 41.0 Å². The first-order chi connectivity index (χ1) is 10.2. The third-order valence-corrected chi connectivity index (χ3v) is 5.41. The monoisotopic (exact) mass is 304 g/mol. The quantitative estimate of drug-likeness (QED) is 0.758. The highest BCUT2D eigenvalue weighted by atomic mass is 16.3. The SMILES string of the molecule is CCCc1cc(O)c(C2CC(C)(C)CCC2C(C)C)c(O)c1. The van der Waals surface area contributed by atoms with Crippen molar-refractivity contribution in [1.29, 1.82) is 0 Å². The normalized spacial score (nSPS) is 24.6. The van der Waals surface area contributed by atoms with Crippen molar-refractivity contribution in [1.82, 2.24) is 0 Å². The Bertz CT molecular complexity index is 493. The van der Waals surface area contributed by atoms with E-state index in [1.54, 1.807) is 0 Å². The first kappa shape index (κ1) is 17.2. The highest BCUT2D eigenvalue weighted by Crippen LogP contribution is 2.53. The molecule has 0 aromatic heterocycles. The Labute approximate surface area is 135 Å². The molecule has 0 aliphatic heterocycles. The predicted molar refractivity (Wildman–Crippen MR) is 92.5 cm³/mol. The molecule has 2 rings (SSSR count). The summed E-state index contributed by atoms with van der Waals surface area (Å²) < 4.78 is 0. The maximum Gasteiger partial charge on any atom is 0.123 e. The third kappa shape index (κ3) is 3.59. The van der Waals surface area contributed by atoms with Crippen molar-refractivity contribution in [2.24, 2.45) is 17.3 Å². The zero-order valence-electron chi connectivity index (χ0n) is 14.8. The Morgan fingerprint density at radius 1 is 1.18 bits per heavy atom. The molecule has 0 heterocycles. The second-order valence-corrected chi connectivity index (χ2v) is 8.22. The molecule has 2 heteroatoms. The van der Waals surface area contributed by atoms with Gasteiger partial charge in [-0.15, -0.1) is 0 Å². The zero-order chi connectivity index (χ0) is 16.5. The van der Waals surface area contributed by atoms with E-state index in [1.165, 1.54) is 12.8 Å². The summed E-state index contributed by atoms with van der Waals surface area (Å²) in [6.07, 6.45) is 5.34. The maximum absolute atomic E-state index is 10.6. The number of phenolic OH excluding ortho intramolecular Hbond substituents is 2. The topological polar surface area (TPSA) is 40.5 Å². The molecule has 1 aliphatic carbocycles. The minimum Gasteiger partial charge on any atom is -0.508 e. The summed E-state index contributed by atoms with van der Waals surface area (Å²) in [6, 6.07) is 3.72. The van der Waals surface area contributed by atoms with Crippen molar-refractivity contribution in [3.05, 3.63) is 23.3 Å². The smallest absolute Gasteiger partial charge is 0.123 e. The summed E-state index contributed by atoms with van der Waals surface area (Å²) in [4.78, 5) is 0. The highest BCUT2D eigenvalue weighted by Gasteiger charge is 2.39. The van der Waals surface area contributed by atoms with Crippen molar-refractivity contribution in [3.63, 3.8) is 0 Å². The standard InChI is InChI=1S/C20H32O2/c1-6-7-14-10-17(21)19(18(22)11-14)16-12-20(4,5)9-8-15(16)13(2)3/h10-11,13,15-16,21-22H,6-9,12H2,1-5H3. The van der Waals surface area contributed by atoms with Gasteiger partial charge in [0.1, 0.15) is 11.5 Å². The lowest BCUT2D eigenvalue weighted by atomic mass is 9.62. The van der Waals surface area contributed by atoms with Gasteiger partial charge >= 0.3 is 0 Å². The van der Waals surface area contributed by atoms with Gasteiger partial charge in [0.25, 0.3) is 0 Å². The van der Waals surface area contributed by atoms with Gasteiger partial charge < -0.3 is 10.2 Å². The van der Waals surface area contributed by atoms with Gasteiger partial charge in [-0.2, -0.15) is 0 Å². The number of benzene rings is 1. The van der Waals surface area contributed by atoms with Crippen molar-refractivity contribution in [2.45, 2.75) is 72.6 Å². The molecule has 0 saturated heterocycles. The van der Waals surface area contributed by atoms with Gasteiger partial charge in [-0.25, -0.2) is 0 Å². The summed E-state index contributed by atoms with van der Waals surface area (Å²) in [5, 5.41) is 21.1. The van der Waals surface area contributed by atoms with Crippen LogP contribution in [-0.4, -0.2) is 10.2 Å². The second kappa shape index (κ2) is 6.52. The van der Waals surface area contributed by atoms with Gasteiger partial charge in [-0.05, 0) is 66.5 Å². The summed E-state index contributed by atoms with van der Waals surface area (Å²) in [6.45, 7) is 11.2. The largest absolute Gasteiger partial charge is 0.508 e. The first-order valence-corrected chi connectivity index (χ1v) is 8.80. The van der Waals surface area contributed by atoms with Gasteiger partial charge in [0.2, 0.25) is 0 Å². The van der Waals surface area contributed by atoms with Gasteiger partial charge in [0.15, 0.2) is 0 Å².